The molecule has 0 bridgehead atoms. The highest BCUT2D eigenvalue weighted by atomic mass is 35.5. The molecule has 0 radical (unpaired) electrons. The molecule has 0 amide bonds. The van der Waals surface area contributed by atoms with Crippen molar-refractivity contribution in [2.24, 2.45) is 0 Å². The maximum absolute atomic E-state index is 5.99. The van der Waals surface area contributed by atoms with Crippen LogP contribution in [-0.4, -0.2) is 23.6 Å². The molecular weight excluding hydrogens is 212 g/mol. The van der Waals surface area contributed by atoms with Gasteiger partial charge in [-0.05, 0) is 12.8 Å². The van der Waals surface area contributed by atoms with Crippen LogP contribution in [-0.2, 0) is 0 Å². The van der Waals surface area contributed by atoms with Gasteiger partial charge in [-0.3, -0.25) is 0 Å². The molecular formula is C10H15ClN4. The van der Waals surface area contributed by atoms with Crippen LogP contribution in [0.3, 0.4) is 0 Å². The number of nitrogens with two attached hydrogens (primary N) is 1. The largest absolute Gasteiger partial charge is 0.382 e. The lowest BCUT2D eigenvalue weighted by Gasteiger charge is -2.18. The zero-order chi connectivity index (χ0) is 11.3. The number of allylic oxidation sites excluding steroid dienone is 1. The van der Waals surface area contributed by atoms with Crippen LogP contribution < -0.4 is 10.6 Å². The van der Waals surface area contributed by atoms with E-state index in [-0.39, 0.29) is 0 Å². The minimum absolute atomic E-state index is 0.317. The SMILES string of the molecule is C=CCCCN(C)c1ncnc(N)c1Cl. The molecule has 2 N–H and O–H groups in total. The average Bonchev–Trinajstić information content (AvgIpc) is 2.22. The average molecular weight is 227 g/mol. The summed E-state index contributed by atoms with van der Waals surface area (Å²) in [6, 6.07) is 0. The van der Waals surface area contributed by atoms with Crippen molar-refractivity contribution in [3.05, 3.63) is 24.0 Å². The van der Waals surface area contributed by atoms with Gasteiger partial charge in [0.2, 0.25) is 0 Å². The van der Waals surface area contributed by atoms with E-state index in [9.17, 15) is 0 Å². The molecule has 0 aliphatic heterocycles. The van der Waals surface area contributed by atoms with E-state index in [1.807, 2.05) is 18.0 Å². The molecule has 1 heterocycles. The summed E-state index contributed by atoms with van der Waals surface area (Å²) in [5.41, 5.74) is 5.59. The quantitative estimate of drug-likeness (QED) is 0.617. The smallest absolute Gasteiger partial charge is 0.152 e. The number of unbranched alkanes of at least 4 members (excludes halogenated alkanes) is 1. The van der Waals surface area contributed by atoms with Crippen molar-refractivity contribution < 1.29 is 0 Å². The van der Waals surface area contributed by atoms with Crippen LogP contribution in [0.4, 0.5) is 11.6 Å². The van der Waals surface area contributed by atoms with Gasteiger partial charge < -0.3 is 10.6 Å². The molecule has 0 aromatic carbocycles. The molecule has 0 saturated carbocycles. The van der Waals surface area contributed by atoms with Crippen LogP contribution in [0, 0.1) is 0 Å². The number of anilines is 2. The zero-order valence-electron chi connectivity index (χ0n) is 8.78. The van der Waals surface area contributed by atoms with Gasteiger partial charge in [-0.15, -0.1) is 6.58 Å². The molecule has 0 atom stereocenters. The van der Waals surface area contributed by atoms with Gasteiger partial charge in [0, 0.05) is 13.6 Å². The van der Waals surface area contributed by atoms with E-state index in [1.165, 1.54) is 6.33 Å². The number of halogens is 1. The molecule has 0 aliphatic rings. The van der Waals surface area contributed by atoms with E-state index >= 15 is 0 Å². The molecule has 1 rings (SSSR count). The molecule has 0 saturated heterocycles. The highest BCUT2D eigenvalue weighted by Crippen LogP contribution is 2.25. The first-order valence-corrected chi connectivity index (χ1v) is 5.12. The lowest BCUT2D eigenvalue weighted by Crippen LogP contribution is -2.20. The van der Waals surface area contributed by atoms with Gasteiger partial charge in [0.1, 0.15) is 17.2 Å². The van der Waals surface area contributed by atoms with Gasteiger partial charge in [-0.1, -0.05) is 17.7 Å². The number of aromatic nitrogens is 2. The molecule has 0 unspecified atom stereocenters. The first-order valence-electron chi connectivity index (χ1n) is 4.74. The highest BCUT2D eigenvalue weighted by molar-refractivity contribution is 6.35. The summed E-state index contributed by atoms with van der Waals surface area (Å²) >= 11 is 5.99. The molecule has 5 heteroatoms. The van der Waals surface area contributed by atoms with Crippen LogP contribution in [0.1, 0.15) is 12.8 Å². The lowest BCUT2D eigenvalue weighted by atomic mass is 10.3. The summed E-state index contributed by atoms with van der Waals surface area (Å²) in [5.74, 6) is 0.991. The van der Waals surface area contributed by atoms with Gasteiger partial charge in [-0.2, -0.15) is 0 Å². The summed E-state index contributed by atoms with van der Waals surface area (Å²) in [4.78, 5) is 9.87. The lowest BCUT2D eigenvalue weighted by molar-refractivity contribution is 0.791. The Bertz CT molecular complexity index is 340. The van der Waals surface area contributed by atoms with Gasteiger partial charge in [0.25, 0.3) is 0 Å². The summed E-state index contributed by atoms with van der Waals surface area (Å²) < 4.78 is 0. The zero-order valence-corrected chi connectivity index (χ0v) is 9.54. The predicted molar refractivity (Wildman–Crippen MR) is 64.2 cm³/mol. The Balaban J connectivity index is 2.68. The number of rotatable bonds is 5. The van der Waals surface area contributed by atoms with Crippen molar-refractivity contribution in [2.45, 2.75) is 12.8 Å². The predicted octanol–water partition coefficient (Wildman–Crippen LogP) is 2.11. The van der Waals surface area contributed by atoms with E-state index in [1.54, 1.807) is 0 Å². The molecule has 82 valence electrons. The number of nitrogens with zero attached hydrogens (tertiary/aromatic N) is 3. The molecule has 0 spiro atoms. The monoisotopic (exact) mass is 226 g/mol. The first-order chi connectivity index (χ1) is 7.16. The maximum atomic E-state index is 5.99. The fraction of sp³-hybridized carbons (Fsp3) is 0.400. The minimum Gasteiger partial charge on any atom is -0.382 e. The fourth-order valence-electron chi connectivity index (χ4n) is 1.22. The van der Waals surface area contributed by atoms with E-state index in [2.05, 4.69) is 16.5 Å². The Kier molecular flexibility index (Phi) is 4.37. The third-order valence-electron chi connectivity index (χ3n) is 2.06. The highest BCUT2D eigenvalue weighted by Gasteiger charge is 2.10. The summed E-state index contributed by atoms with van der Waals surface area (Å²) in [5, 5.41) is 0.415. The normalized spacial score (nSPS) is 10.0. The van der Waals surface area contributed by atoms with Crippen molar-refractivity contribution in [3.63, 3.8) is 0 Å². The van der Waals surface area contributed by atoms with E-state index in [0.29, 0.717) is 16.7 Å². The first kappa shape index (κ1) is 11.8. The summed E-state index contributed by atoms with van der Waals surface area (Å²) in [7, 11) is 1.93. The molecule has 0 fully saturated rings. The Morgan fingerprint density at radius 1 is 1.60 bits per heavy atom. The number of nitrogen functional groups attached to an aromatic ring is 1. The summed E-state index contributed by atoms with van der Waals surface area (Å²) in [6.07, 6.45) is 5.30. The summed E-state index contributed by atoms with van der Waals surface area (Å²) in [6.45, 7) is 4.54. The van der Waals surface area contributed by atoms with Crippen LogP contribution in [0.5, 0.6) is 0 Å². The Labute approximate surface area is 94.8 Å². The van der Waals surface area contributed by atoms with Gasteiger partial charge >= 0.3 is 0 Å². The molecule has 0 aliphatic carbocycles. The second-order valence-electron chi connectivity index (χ2n) is 3.25. The van der Waals surface area contributed by atoms with Gasteiger partial charge in [0.15, 0.2) is 5.82 Å². The van der Waals surface area contributed by atoms with Crippen LogP contribution in [0.15, 0.2) is 19.0 Å². The van der Waals surface area contributed by atoms with Crippen LogP contribution in [0.2, 0.25) is 5.02 Å². The van der Waals surface area contributed by atoms with Crippen LogP contribution in [0.25, 0.3) is 0 Å². The minimum atomic E-state index is 0.317. The second-order valence-corrected chi connectivity index (χ2v) is 3.63. The number of hydrogen-bond donors (Lipinski definition) is 1. The Morgan fingerprint density at radius 2 is 2.33 bits per heavy atom. The standard InChI is InChI=1S/C10H15ClN4/c1-3-4-5-6-15(2)10-8(11)9(12)13-7-14-10/h3,7H,1,4-6H2,2H3,(H2,12,13,14). The molecule has 1 aromatic heterocycles. The van der Waals surface area contributed by atoms with Crippen molar-refractivity contribution in [3.8, 4) is 0 Å². The van der Waals surface area contributed by atoms with E-state index < -0.39 is 0 Å². The van der Waals surface area contributed by atoms with Gasteiger partial charge in [0.05, 0.1) is 0 Å². The number of hydrogen-bond acceptors (Lipinski definition) is 4. The van der Waals surface area contributed by atoms with Crippen molar-refractivity contribution in [1.29, 1.82) is 0 Å². The maximum Gasteiger partial charge on any atom is 0.152 e. The van der Waals surface area contributed by atoms with Crippen molar-refractivity contribution >= 4 is 23.2 Å². The third-order valence-corrected chi connectivity index (χ3v) is 2.42. The topological polar surface area (TPSA) is 55.0 Å². The van der Waals surface area contributed by atoms with Gasteiger partial charge in [-0.25, -0.2) is 9.97 Å². The van der Waals surface area contributed by atoms with E-state index in [4.69, 9.17) is 17.3 Å². The Morgan fingerprint density at radius 3 is 3.00 bits per heavy atom. The second kappa shape index (κ2) is 5.56. The molecule has 4 nitrogen and oxygen atoms in total. The van der Waals surface area contributed by atoms with Crippen molar-refractivity contribution in [2.75, 3.05) is 24.2 Å². The van der Waals surface area contributed by atoms with Crippen LogP contribution >= 0.6 is 11.6 Å². The Hall–Kier alpha value is -1.29. The third kappa shape index (κ3) is 3.09. The fourth-order valence-corrected chi connectivity index (χ4v) is 1.46. The van der Waals surface area contributed by atoms with Crippen molar-refractivity contribution in [1.82, 2.24) is 9.97 Å². The molecule has 15 heavy (non-hydrogen) atoms. The van der Waals surface area contributed by atoms with E-state index in [0.717, 1.165) is 19.4 Å². The molecule has 1 aromatic rings.